The summed E-state index contributed by atoms with van der Waals surface area (Å²) < 4.78 is 2.10. The van der Waals surface area contributed by atoms with Crippen molar-refractivity contribution in [2.24, 2.45) is 0 Å². The normalized spacial score (nSPS) is 13.2. The van der Waals surface area contributed by atoms with Crippen LogP contribution in [0.2, 0.25) is 0 Å². The first-order valence-corrected chi connectivity index (χ1v) is 11.1. The van der Waals surface area contributed by atoms with Crippen molar-refractivity contribution < 1.29 is 4.79 Å². The van der Waals surface area contributed by atoms with Gasteiger partial charge >= 0.3 is 0 Å². The standard InChI is InChI=1S/C26H20N4O2S/c1-18(20-10-4-2-5-11-20)29-24(31)22(16-27)26-30(21-12-6-3-7-13-21)25(32)23(33-26)15-19-9-8-14-28-17-19/h2-15,17-18H,1H3,(H,29,31)/b23-15+,26-22-/t18-/m1/s1. The minimum Gasteiger partial charge on any atom is -0.345 e. The molecule has 7 heteroatoms. The lowest BCUT2D eigenvalue weighted by Crippen LogP contribution is -2.34. The molecular weight excluding hydrogens is 432 g/mol. The van der Waals surface area contributed by atoms with E-state index >= 15 is 0 Å². The summed E-state index contributed by atoms with van der Waals surface area (Å²) in [6.07, 6.45) is 5.01. The Labute approximate surface area is 194 Å². The minimum absolute atomic E-state index is 0.116. The Morgan fingerprint density at radius 2 is 1.79 bits per heavy atom. The topological polar surface area (TPSA) is 87.8 Å². The Morgan fingerprint density at radius 1 is 1.09 bits per heavy atom. The summed E-state index contributed by atoms with van der Waals surface area (Å²) in [4.78, 5) is 30.6. The van der Waals surface area contributed by atoms with E-state index in [-0.39, 0.29) is 21.8 Å². The third-order valence-corrected chi connectivity index (χ3v) is 6.11. The average molecular weight is 453 g/mol. The summed E-state index contributed by atoms with van der Waals surface area (Å²) in [5, 5.41) is 12.8. The molecule has 1 atom stereocenters. The number of hydrogen-bond donors (Lipinski definition) is 1. The molecule has 2 aromatic carbocycles. The van der Waals surface area contributed by atoms with Crippen molar-refractivity contribution in [1.29, 1.82) is 5.26 Å². The van der Waals surface area contributed by atoms with Crippen molar-refractivity contribution in [2.75, 3.05) is 0 Å². The van der Waals surface area contributed by atoms with Crippen LogP contribution in [0.5, 0.6) is 0 Å². The predicted molar refractivity (Wildman–Crippen MR) is 129 cm³/mol. The summed E-state index contributed by atoms with van der Waals surface area (Å²) >= 11 is 1.11. The molecule has 0 unspecified atom stereocenters. The molecule has 162 valence electrons. The summed E-state index contributed by atoms with van der Waals surface area (Å²) in [5.41, 5.74) is 1.83. The van der Waals surface area contributed by atoms with Gasteiger partial charge in [-0.15, -0.1) is 11.3 Å². The van der Waals surface area contributed by atoms with E-state index in [2.05, 4.69) is 10.3 Å². The zero-order chi connectivity index (χ0) is 23.2. The largest absolute Gasteiger partial charge is 0.345 e. The van der Waals surface area contributed by atoms with Gasteiger partial charge < -0.3 is 5.32 Å². The second kappa shape index (κ2) is 9.90. The van der Waals surface area contributed by atoms with Crippen molar-refractivity contribution in [3.05, 3.63) is 116 Å². The monoisotopic (exact) mass is 452 g/mol. The Kier molecular flexibility index (Phi) is 6.58. The van der Waals surface area contributed by atoms with Crippen LogP contribution < -0.4 is 20.1 Å². The van der Waals surface area contributed by atoms with Crippen molar-refractivity contribution in [2.45, 2.75) is 13.0 Å². The first-order chi connectivity index (χ1) is 16.1. The molecular formula is C26H20N4O2S. The van der Waals surface area contributed by atoms with Gasteiger partial charge in [0.05, 0.1) is 16.3 Å². The number of nitriles is 1. The molecule has 1 N–H and O–H groups in total. The highest BCUT2D eigenvalue weighted by molar-refractivity contribution is 7.07. The van der Waals surface area contributed by atoms with E-state index in [1.807, 2.05) is 55.5 Å². The highest BCUT2D eigenvalue weighted by Gasteiger charge is 2.19. The lowest BCUT2D eigenvalue weighted by Gasteiger charge is -2.13. The Bertz CT molecular complexity index is 1490. The van der Waals surface area contributed by atoms with Crippen molar-refractivity contribution in [3.63, 3.8) is 0 Å². The number of hydrogen-bond acceptors (Lipinski definition) is 5. The predicted octanol–water partition coefficient (Wildman–Crippen LogP) is 2.67. The molecule has 2 aromatic heterocycles. The van der Waals surface area contributed by atoms with E-state index in [9.17, 15) is 14.9 Å². The fraction of sp³-hybridized carbons (Fsp3) is 0.0769. The number of para-hydroxylation sites is 1. The molecule has 1 amide bonds. The maximum Gasteiger partial charge on any atom is 0.273 e. The van der Waals surface area contributed by atoms with Gasteiger partial charge in [-0.25, -0.2) is 0 Å². The lowest BCUT2D eigenvalue weighted by molar-refractivity contribution is -0.116. The summed E-state index contributed by atoms with van der Waals surface area (Å²) in [7, 11) is 0. The number of nitrogens with zero attached hydrogens (tertiary/aromatic N) is 3. The summed E-state index contributed by atoms with van der Waals surface area (Å²) in [5.74, 6) is -0.535. The Hall–Kier alpha value is -4.28. The van der Waals surface area contributed by atoms with Crippen LogP contribution in [0.25, 0.3) is 17.3 Å². The maximum absolute atomic E-state index is 13.3. The Balaban J connectivity index is 1.89. The highest BCUT2D eigenvalue weighted by atomic mass is 32.1. The van der Waals surface area contributed by atoms with Gasteiger partial charge in [-0.3, -0.25) is 19.1 Å². The molecule has 0 bridgehead atoms. The molecule has 0 saturated heterocycles. The fourth-order valence-corrected chi connectivity index (χ4v) is 4.47. The number of nitrogens with one attached hydrogen (secondary N) is 1. The van der Waals surface area contributed by atoms with E-state index in [1.165, 1.54) is 4.57 Å². The first kappa shape index (κ1) is 21.9. The second-order valence-corrected chi connectivity index (χ2v) is 8.30. The molecule has 0 aliphatic rings. The van der Waals surface area contributed by atoms with E-state index in [0.717, 1.165) is 22.5 Å². The van der Waals surface area contributed by atoms with Gasteiger partial charge in [0.2, 0.25) is 0 Å². The number of carbonyl (C=O) groups is 1. The zero-order valence-electron chi connectivity index (χ0n) is 17.8. The number of carbonyl (C=O) groups excluding carboxylic acids is 1. The van der Waals surface area contributed by atoms with Gasteiger partial charge in [-0.05, 0) is 42.3 Å². The average Bonchev–Trinajstić information content (AvgIpc) is 3.16. The lowest BCUT2D eigenvalue weighted by atomic mass is 10.1. The number of amides is 1. The van der Waals surface area contributed by atoms with Crippen LogP contribution in [0.15, 0.2) is 90.0 Å². The molecule has 6 nitrogen and oxygen atoms in total. The van der Waals surface area contributed by atoms with E-state index < -0.39 is 5.91 Å². The van der Waals surface area contributed by atoms with E-state index in [1.54, 1.807) is 48.8 Å². The van der Waals surface area contributed by atoms with Gasteiger partial charge in [-0.2, -0.15) is 5.26 Å². The first-order valence-electron chi connectivity index (χ1n) is 10.3. The fourth-order valence-electron chi connectivity index (χ4n) is 3.36. The number of benzene rings is 2. The second-order valence-electron chi connectivity index (χ2n) is 7.27. The van der Waals surface area contributed by atoms with Crippen molar-refractivity contribution >= 4 is 28.9 Å². The summed E-state index contributed by atoms with van der Waals surface area (Å²) in [6, 6.07) is 23.8. The molecule has 0 spiro atoms. The molecule has 4 aromatic rings. The van der Waals surface area contributed by atoms with Crippen LogP contribution >= 0.6 is 11.3 Å². The number of aromatic nitrogens is 2. The molecule has 2 heterocycles. The molecule has 0 aliphatic carbocycles. The van der Waals surface area contributed by atoms with Gasteiger partial charge in [0.25, 0.3) is 11.5 Å². The zero-order valence-corrected chi connectivity index (χ0v) is 18.6. The van der Waals surface area contributed by atoms with Crippen LogP contribution in [0, 0.1) is 11.3 Å². The quantitative estimate of drug-likeness (QED) is 0.504. The van der Waals surface area contributed by atoms with Crippen LogP contribution in [-0.2, 0) is 4.79 Å². The van der Waals surface area contributed by atoms with Crippen molar-refractivity contribution in [3.8, 4) is 11.8 Å². The van der Waals surface area contributed by atoms with Gasteiger partial charge in [0, 0.05) is 12.4 Å². The van der Waals surface area contributed by atoms with Crippen molar-refractivity contribution in [1.82, 2.24) is 14.9 Å². The minimum atomic E-state index is -0.535. The molecule has 0 fully saturated rings. The maximum atomic E-state index is 13.3. The van der Waals surface area contributed by atoms with Gasteiger partial charge in [-0.1, -0.05) is 54.6 Å². The molecule has 33 heavy (non-hydrogen) atoms. The van der Waals surface area contributed by atoms with Crippen LogP contribution in [0.3, 0.4) is 0 Å². The van der Waals surface area contributed by atoms with Crippen LogP contribution in [-0.4, -0.2) is 15.5 Å². The molecule has 0 saturated carbocycles. The molecule has 4 rings (SSSR count). The SMILES string of the molecule is C[C@@H](NC(=O)/C(C#N)=c1\s/c(=C/c2cccnc2)c(=O)n1-c1ccccc1)c1ccccc1. The third kappa shape index (κ3) is 4.81. The van der Waals surface area contributed by atoms with E-state index in [0.29, 0.717) is 10.2 Å². The Morgan fingerprint density at radius 3 is 2.42 bits per heavy atom. The molecule has 0 radical (unpaired) electrons. The van der Waals surface area contributed by atoms with E-state index in [4.69, 9.17) is 0 Å². The number of pyridine rings is 1. The van der Waals surface area contributed by atoms with Gasteiger partial charge in [0.15, 0.2) is 5.57 Å². The molecule has 0 aliphatic heterocycles. The van der Waals surface area contributed by atoms with Crippen LogP contribution in [0.1, 0.15) is 24.1 Å². The van der Waals surface area contributed by atoms with Crippen LogP contribution in [0.4, 0.5) is 0 Å². The number of rotatable bonds is 5. The van der Waals surface area contributed by atoms with Gasteiger partial charge in [0.1, 0.15) is 10.7 Å². The smallest absolute Gasteiger partial charge is 0.273 e. The summed E-state index contributed by atoms with van der Waals surface area (Å²) in [6.45, 7) is 1.85. The highest BCUT2D eigenvalue weighted by Crippen LogP contribution is 2.12. The number of thiazole rings is 1. The third-order valence-electron chi connectivity index (χ3n) is 5.02.